The van der Waals surface area contributed by atoms with Crippen LogP contribution in [0, 0.1) is 0 Å². The highest BCUT2D eigenvalue weighted by atomic mass is 16.2. The molecule has 0 bridgehead atoms. The number of hydrogen-bond acceptors (Lipinski definition) is 2. The highest BCUT2D eigenvalue weighted by molar-refractivity contribution is 5.94. The van der Waals surface area contributed by atoms with Crippen LogP contribution in [0.2, 0.25) is 0 Å². The van der Waals surface area contributed by atoms with Gasteiger partial charge in [0.05, 0.1) is 11.4 Å². The second-order valence-corrected chi connectivity index (χ2v) is 8.03. The summed E-state index contributed by atoms with van der Waals surface area (Å²) in [6, 6.07) is 26.9. The van der Waals surface area contributed by atoms with Crippen molar-refractivity contribution in [3.8, 4) is 16.9 Å². The van der Waals surface area contributed by atoms with Crippen LogP contribution in [0.25, 0.3) is 27.7 Å². The van der Waals surface area contributed by atoms with E-state index < -0.39 is 0 Å². The summed E-state index contributed by atoms with van der Waals surface area (Å²) in [6.45, 7) is 0. The number of amides is 1. The first-order chi connectivity index (χ1) is 14.8. The van der Waals surface area contributed by atoms with Crippen molar-refractivity contribution in [1.29, 1.82) is 0 Å². The lowest BCUT2D eigenvalue weighted by molar-refractivity contribution is 0.0922. The van der Waals surface area contributed by atoms with Crippen molar-refractivity contribution < 1.29 is 4.79 Å². The van der Waals surface area contributed by atoms with E-state index >= 15 is 0 Å². The summed E-state index contributed by atoms with van der Waals surface area (Å²) in [5.74, 6) is -0.0846. The van der Waals surface area contributed by atoms with Crippen LogP contribution in [0.1, 0.15) is 42.6 Å². The largest absolute Gasteiger partial charge is 0.348 e. The van der Waals surface area contributed by atoms with Crippen molar-refractivity contribution in [3.63, 3.8) is 0 Å². The van der Waals surface area contributed by atoms with E-state index in [0.29, 0.717) is 5.69 Å². The average molecular weight is 396 g/mol. The van der Waals surface area contributed by atoms with Gasteiger partial charge in [0.2, 0.25) is 0 Å². The van der Waals surface area contributed by atoms with Crippen LogP contribution in [0.3, 0.4) is 0 Å². The first-order valence-electron chi connectivity index (χ1n) is 10.7. The molecule has 0 unspecified atom stereocenters. The summed E-state index contributed by atoms with van der Waals surface area (Å²) in [4.78, 5) is 13.0. The van der Waals surface area contributed by atoms with Gasteiger partial charge in [-0.15, -0.1) is 0 Å². The van der Waals surface area contributed by atoms with Crippen LogP contribution in [-0.4, -0.2) is 21.7 Å². The summed E-state index contributed by atoms with van der Waals surface area (Å²) >= 11 is 0. The number of fused-ring (bicyclic) bond motifs is 1. The fourth-order valence-electron chi connectivity index (χ4n) is 4.32. The first-order valence-corrected chi connectivity index (χ1v) is 10.7. The summed E-state index contributed by atoms with van der Waals surface area (Å²) in [7, 11) is 0. The quantitative estimate of drug-likeness (QED) is 0.478. The number of carbonyl (C=O) groups is 1. The number of nitrogens with zero attached hydrogens (tertiary/aromatic N) is 2. The van der Waals surface area contributed by atoms with Crippen molar-refractivity contribution >= 4 is 16.7 Å². The fraction of sp³-hybridized carbons (Fsp3) is 0.231. The molecule has 150 valence electrons. The zero-order valence-corrected chi connectivity index (χ0v) is 16.9. The summed E-state index contributed by atoms with van der Waals surface area (Å²) in [6.07, 6.45) is 5.75. The molecule has 4 heteroatoms. The maximum Gasteiger partial charge on any atom is 0.272 e. The summed E-state index contributed by atoms with van der Waals surface area (Å²) in [5, 5.41) is 10.3. The topological polar surface area (TPSA) is 46.9 Å². The molecule has 0 radical (unpaired) electrons. The molecule has 1 saturated carbocycles. The molecule has 1 heterocycles. The number of nitrogens with one attached hydrogen (secondary N) is 1. The second kappa shape index (κ2) is 8.15. The van der Waals surface area contributed by atoms with Gasteiger partial charge in [0.1, 0.15) is 0 Å². The Morgan fingerprint density at radius 2 is 1.57 bits per heavy atom. The van der Waals surface area contributed by atoms with E-state index in [0.717, 1.165) is 29.8 Å². The Kier molecular flexibility index (Phi) is 5.06. The van der Waals surface area contributed by atoms with Crippen LogP contribution in [0.5, 0.6) is 0 Å². The molecule has 0 spiro atoms. The zero-order valence-electron chi connectivity index (χ0n) is 16.9. The van der Waals surface area contributed by atoms with E-state index in [1.807, 2.05) is 53.2 Å². The van der Waals surface area contributed by atoms with E-state index in [1.54, 1.807) is 0 Å². The van der Waals surface area contributed by atoms with Gasteiger partial charge in [-0.2, -0.15) is 5.10 Å². The molecule has 4 aromatic rings. The first kappa shape index (κ1) is 18.6. The number of para-hydroxylation sites is 1. The van der Waals surface area contributed by atoms with E-state index in [9.17, 15) is 4.79 Å². The van der Waals surface area contributed by atoms with E-state index in [2.05, 4.69) is 35.6 Å². The van der Waals surface area contributed by atoms with Crippen molar-refractivity contribution in [3.05, 3.63) is 84.6 Å². The molecular weight excluding hydrogens is 370 g/mol. The van der Waals surface area contributed by atoms with Gasteiger partial charge in [0, 0.05) is 11.6 Å². The van der Waals surface area contributed by atoms with Crippen molar-refractivity contribution in [2.75, 3.05) is 0 Å². The molecule has 1 aliphatic carbocycles. The standard InChI is InChI=1S/C26H25N3O/c30-26(27-22-11-3-1-4-12-22)24-18-25(29(28-24)23-13-5-2-6-14-23)21-16-15-19-9-7-8-10-20(19)17-21/h2,5-10,13-18,22H,1,3-4,11-12H2,(H,27,30). The summed E-state index contributed by atoms with van der Waals surface area (Å²) in [5.41, 5.74) is 3.37. The SMILES string of the molecule is O=C(NC1CCCCC1)c1cc(-c2ccc3ccccc3c2)n(-c2ccccc2)n1. The van der Waals surface area contributed by atoms with Crippen LogP contribution in [-0.2, 0) is 0 Å². The Hall–Kier alpha value is -3.40. The number of rotatable bonds is 4. The highest BCUT2D eigenvalue weighted by Crippen LogP contribution is 2.28. The van der Waals surface area contributed by atoms with Crippen LogP contribution in [0.15, 0.2) is 78.9 Å². The van der Waals surface area contributed by atoms with Gasteiger partial charge in [-0.1, -0.05) is 73.9 Å². The minimum Gasteiger partial charge on any atom is -0.348 e. The molecular formula is C26H25N3O. The third kappa shape index (κ3) is 3.73. The molecule has 1 amide bonds. The molecule has 30 heavy (non-hydrogen) atoms. The Morgan fingerprint density at radius 3 is 2.37 bits per heavy atom. The van der Waals surface area contributed by atoms with Gasteiger partial charge in [-0.25, -0.2) is 4.68 Å². The summed E-state index contributed by atoms with van der Waals surface area (Å²) < 4.78 is 1.87. The van der Waals surface area contributed by atoms with Crippen LogP contribution in [0.4, 0.5) is 0 Å². The number of benzene rings is 3. The average Bonchev–Trinajstić information content (AvgIpc) is 3.26. The highest BCUT2D eigenvalue weighted by Gasteiger charge is 2.21. The normalized spacial score (nSPS) is 14.7. The lowest BCUT2D eigenvalue weighted by Crippen LogP contribution is -2.36. The van der Waals surface area contributed by atoms with E-state index in [-0.39, 0.29) is 11.9 Å². The maximum atomic E-state index is 13.0. The molecule has 4 nitrogen and oxygen atoms in total. The fourth-order valence-corrected chi connectivity index (χ4v) is 4.32. The minimum absolute atomic E-state index is 0.0846. The molecule has 0 saturated heterocycles. The van der Waals surface area contributed by atoms with Gasteiger partial charge in [0.15, 0.2) is 5.69 Å². The third-order valence-electron chi connectivity index (χ3n) is 5.93. The Labute approximate surface area is 176 Å². The van der Waals surface area contributed by atoms with Crippen LogP contribution >= 0.6 is 0 Å². The molecule has 5 rings (SSSR count). The lowest BCUT2D eigenvalue weighted by atomic mass is 9.95. The predicted molar refractivity (Wildman–Crippen MR) is 121 cm³/mol. The van der Waals surface area contributed by atoms with Gasteiger partial charge in [-0.05, 0) is 47.9 Å². The molecule has 0 atom stereocenters. The third-order valence-corrected chi connectivity index (χ3v) is 5.93. The van der Waals surface area contributed by atoms with Gasteiger partial charge in [0.25, 0.3) is 5.91 Å². The predicted octanol–water partition coefficient (Wildman–Crippen LogP) is 5.76. The monoisotopic (exact) mass is 395 g/mol. The van der Waals surface area contributed by atoms with Crippen molar-refractivity contribution in [1.82, 2.24) is 15.1 Å². The van der Waals surface area contributed by atoms with Gasteiger partial charge >= 0.3 is 0 Å². The van der Waals surface area contributed by atoms with E-state index in [1.165, 1.54) is 30.0 Å². The Bertz CT molecular complexity index is 1170. The Morgan fingerprint density at radius 1 is 0.833 bits per heavy atom. The molecule has 1 fully saturated rings. The van der Waals surface area contributed by atoms with Gasteiger partial charge < -0.3 is 5.32 Å². The zero-order chi connectivity index (χ0) is 20.3. The maximum absolute atomic E-state index is 13.0. The van der Waals surface area contributed by atoms with Crippen molar-refractivity contribution in [2.45, 2.75) is 38.1 Å². The lowest BCUT2D eigenvalue weighted by Gasteiger charge is -2.22. The minimum atomic E-state index is -0.0846. The number of hydrogen-bond donors (Lipinski definition) is 1. The number of aromatic nitrogens is 2. The second-order valence-electron chi connectivity index (χ2n) is 8.03. The Balaban J connectivity index is 1.55. The molecule has 1 aliphatic rings. The van der Waals surface area contributed by atoms with Gasteiger partial charge in [-0.3, -0.25) is 4.79 Å². The van der Waals surface area contributed by atoms with Crippen molar-refractivity contribution in [2.24, 2.45) is 0 Å². The number of carbonyl (C=O) groups excluding carboxylic acids is 1. The van der Waals surface area contributed by atoms with Crippen LogP contribution < -0.4 is 5.32 Å². The molecule has 0 aliphatic heterocycles. The molecule has 3 aromatic carbocycles. The molecule has 1 aromatic heterocycles. The molecule has 1 N–H and O–H groups in total. The van der Waals surface area contributed by atoms with E-state index in [4.69, 9.17) is 5.10 Å². The smallest absolute Gasteiger partial charge is 0.272 e.